The van der Waals surface area contributed by atoms with Gasteiger partial charge < -0.3 is 4.74 Å². The van der Waals surface area contributed by atoms with Gasteiger partial charge >= 0.3 is 0 Å². The molecule has 0 radical (unpaired) electrons. The molecule has 1 aromatic carbocycles. The third-order valence-corrected chi connectivity index (χ3v) is 2.83. The molecule has 64 valence electrons. The first-order valence-electron chi connectivity index (χ1n) is 3.18. The summed E-state index contributed by atoms with van der Waals surface area (Å²) in [5.74, 6) is 0.515. The van der Waals surface area contributed by atoms with Crippen LogP contribution in [0.4, 0.5) is 0 Å². The predicted octanol–water partition coefficient (Wildman–Crippen LogP) is 2.92. The van der Waals surface area contributed by atoms with E-state index >= 15 is 0 Å². The monoisotopic (exact) mass is 248 g/mol. The average Bonchev–Trinajstić information content (AvgIpc) is 2.09. The molecule has 0 heterocycles. The summed E-state index contributed by atoms with van der Waals surface area (Å²) in [4.78, 5) is 10.6. The third-order valence-electron chi connectivity index (χ3n) is 1.43. The van der Waals surface area contributed by atoms with E-state index in [4.69, 9.17) is 16.3 Å². The molecule has 0 N–H and O–H groups in total. The molecule has 12 heavy (non-hydrogen) atoms. The lowest BCUT2D eigenvalue weighted by Crippen LogP contribution is -1.91. The number of ether oxygens (including phenoxy) is 1. The van der Waals surface area contributed by atoms with Crippen LogP contribution in [0.1, 0.15) is 10.4 Å². The van der Waals surface area contributed by atoms with E-state index in [0.29, 0.717) is 27.1 Å². The molecule has 0 aliphatic carbocycles. The summed E-state index contributed by atoms with van der Waals surface area (Å²) in [5, 5.41) is 0.498. The minimum atomic E-state index is 0.435. The number of methoxy groups -OCH3 is 1. The number of benzene rings is 1. The Bertz CT molecular complexity index is 312. The highest BCUT2D eigenvalue weighted by atomic mass is 79.9. The Balaban J connectivity index is 3.35. The summed E-state index contributed by atoms with van der Waals surface area (Å²) >= 11 is 8.95. The van der Waals surface area contributed by atoms with Gasteiger partial charge in [-0.15, -0.1) is 0 Å². The van der Waals surface area contributed by atoms with Crippen LogP contribution >= 0.6 is 27.5 Å². The van der Waals surface area contributed by atoms with Gasteiger partial charge in [0.25, 0.3) is 0 Å². The van der Waals surface area contributed by atoms with E-state index in [9.17, 15) is 4.79 Å². The molecule has 0 aromatic heterocycles. The van der Waals surface area contributed by atoms with Gasteiger partial charge in [-0.1, -0.05) is 11.6 Å². The van der Waals surface area contributed by atoms with Crippen molar-refractivity contribution in [2.75, 3.05) is 7.11 Å². The first-order valence-corrected chi connectivity index (χ1v) is 4.35. The molecule has 4 heteroatoms. The molecule has 0 saturated heterocycles. The molecule has 0 saturated carbocycles. The first kappa shape index (κ1) is 9.55. The summed E-state index contributed by atoms with van der Waals surface area (Å²) in [5.41, 5.74) is 0.435. The fraction of sp³-hybridized carbons (Fsp3) is 0.125. The quantitative estimate of drug-likeness (QED) is 0.753. The SMILES string of the molecule is COc1ccc(Cl)c(Br)c1C=O. The van der Waals surface area contributed by atoms with Crippen LogP contribution < -0.4 is 4.74 Å². The van der Waals surface area contributed by atoms with E-state index in [-0.39, 0.29) is 0 Å². The summed E-state index contributed by atoms with van der Waals surface area (Å²) in [6, 6.07) is 3.31. The van der Waals surface area contributed by atoms with Gasteiger partial charge in [-0.2, -0.15) is 0 Å². The second-order valence-electron chi connectivity index (χ2n) is 2.10. The van der Waals surface area contributed by atoms with E-state index in [2.05, 4.69) is 15.9 Å². The van der Waals surface area contributed by atoms with Gasteiger partial charge in [0.05, 0.1) is 22.2 Å². The number of hydrogen-bond acceptors (Lipinski definition) is 2. The van der Waals surface area contributed by atoms with Gasteiger partial charge in [0.15, 0.2) is 6.29 Å². The summed E-state index contributed by atoms with van der Waals surface area (Å²) in [6.07, 6.45) is 0.703. The fourth-order valence-corrected chi connectivity index (χ4v) is 1.42. The molecule has 0 aliphatic heterocycles. The molecular weight excluding hydrogens is 243 g/mol. The Hall–Kier alpha value is -0.540. The molecule has 0 unspecified atom stereocenters. The van der Waals surface area contributed by atoms with E-state index in [1.807, 2.05) is 0 Å². The van der Waals surface area contributed by atoms with Gasteiger partial charge in [0, 0.05) is 0 Å². The molecule has 0 amide bonds. The van der Waals surface area contributed by atoms with Crippen molar-refractivity contribution in [3.05, 3.63) is 27.2 Å². The van der Waals surface area contributed by atoms with E-state index < -0.39 is 0 Å². The van der Waals surface area contributed by atoms with Gasteiger partial charge in [-0.05, 0) is 28.1 Å². The highest BCUT2D eigenvalue weighted by Crippen LogP contribution is 2.31. The van der Waals surface area contributed by atoms with Crippen LogP contribution in [-0.2, 0) is 0 Å². The Morgan fingerprint density at radius 3 is 2.75 bits per heavy atom. The number of carbonyl (C=O) groups excluding carboxylic acids is 1. The third kappa shape index (κ3) is 1.62. The van der Waals surface area contributed by atoms with Crippen molar-refractivity contribution in [3.63, 3.8) is 0 Å². The van der Waals surface area contributed by atoms with Crippen LogP contribution in [-0.4, -0.2) is 13.4 Å². The topological polar surface area (TPSA) is 26.3 Å². The second-order valence-corrected chi connectivity index (χ2v) is 3.30. The van der Waals surface area contributed by atoms with E-state index in [1.54, 1.807) is 12.1 Å². The lowest BCUT2D eigenvalue weighted by Gasteiger charge is -2.05. The summed E-state index contributed by atoms with van der Waals surface area (Å²) < 4.78 is 5.52. The molecule has 0 fully saturated rings. The molecule has 1 aromatic rings. The normalized spacial score (nSPS) is 9.58. The number of rotatable bonds is 2. The average molecular weight is 249 g/mol. The lowest BCUT2D eigenvalue weighted by atomic mass is 10.2. The maximum Gasteiger partial charge on any atom is 0.154 e. The zero-order chi connectivity index (χ0) is 9.14. The van der Waals surface area contributed by atoms with E-state index in [1.165, 1.54) is 7.11 Å². The minimum absolute atomic E-state index is 0.435. The van der Waals surface area contributed by atoms with Crippen LogP contribution in [0, 0.1) is 0 Å². The van der Waals surface area contributed by atoms with Gasteiger partial charge in [0.2, 0.25) is 0 Å². The maximum atomic E-state index is 10.6. The fourth-order valence-electron chi connectivity index (χ4n) is 0.836. The van der Waals surface area contributed by atoms with Crippen molar-refractivity contribution in [2.45, 2.75) is 0 Å². The Morgan fingerprint density at radius 2 is 2.25 bits per heavy atom. The highest BCUT2D eigenvalue weighted by molar-refractivity contribution is 9.10. The Kier molecular flexibility index (Phi) is 3.12. The summed E-state index contributed by atoms with van der Waals surface area (Å²) in [7, 11) is 1.50. The minimum Gasteiger partial charge on any atom is -0.496 e. The number of halogens is 2. The van der Waals surface area contributed by atoms with E-state index in [0.717, 1.165) is 0 Å². The van der Waals surface area contributed by atoms with Crippen molar-refractivity contribution in [3.8, 4) is 5.75 Å². The Labute approximate surface area is 83.6 Å². The maximum absolute atomic E-state index is 10.6. The Morgan fingerprint density at radius 1 is 1.58 bits per heavy atom. The molecule has 2 nitrogen and oxygen atoms in total. The van der Waals surface area contributed by atoms with Crippen LogP contribution in [0.3, 0.4) is 0 Å². The van der Waals surface area contributed by atoms with Crippen molar-refractivity contribution < 1.29 is 9.53 Å². The van der Waals surface area contributed by atoms with Crippen molar-refractivity contribution >= 4 is 33.8 Å². The van der Waals surface area contributed by atoms with Crippen LogP contribution in [0.25, 0.3) is 0 Å². The largest absolute Gasteiger partial charge is 0.496 e. The zero-order valence-corrected chi connectivity index (χ0v) is 8.65. The number of aldehydes is 1. The van der Waals surface area contributed by atoms with Crippen LogP contribution in [0.2, 0.25) is 5.02 Å². The molecule has 0 bridgehead atoms. The molecule has 0 spiro atoms. The first-order chi connectivity index (χ1) is 5.70. The smallest absolute Gasteiger partial charge is 0.154 e. The molecule has 1 rings (SSSR count). The zero-order valence-electron chi connectivity index (χ0n) is 6.30. The van der Waals surface area contributed by atoms with Gasteiger partial charge in [-0.25, -0.2) is 0 Å². The van der Waals surface area contributed by atoms with Gasteiger partial charge in [0.1, 0.15) is 5.75 Å². The van der Waals surface area contributed by atoms with Crippen molar-refractivity contribution in [1.82, 2.24) is 0 Å². The van der Waals surface area contributed by atoms with Crippen molar-refractivity contribution in [2.24, 2.45) is 0 Å². The second kappa shape index (κ2) is 3.92. The molecule has 0 aliphatic rings. The number of hydrogen-bond donors (Lipinski definition) is 0. The standard InChI is InChI=1S/C8H6BrClO2/c1-12-7-3-2-6(10)8(9)5(7)4-11/h2-4H,1H3. The van der Waals surface area contributed by atoms with Crippen molar-refractivity contribution in [1.29, 1.82) is 0 Å². The highest BCUT2D eigenvalue weighted by Gasteiger charge is 2.09. The molecule has 0 atom stereocenters. The lowest BCUT2D eigenvalue weighted by molar-refractivity contribution is 0.112. The number of carbonyl (C=O) groups is 1. The predicted molar refractivity (Wildman–Crippen MR) is 51.1 cm³/mol. The van der Waals surface area contributed by atoms with Gasteiger partial charge in [-0.3, -0.25) is 4.79 Å². The van der Waals surface area contributed by atoms with Crippen LogP contribution in [0.15, 0.2) is 16.6 Å². The van der Waals surface area contributed by atoms with Crippen LogP contribution in [0.5, 0.6) is 5.75 Å². The molecular formula is C8H6BrClO2. The summed E-state index contributed by atoms with van der Waals surface area (Å²) in [6.45, 7) is 0.